The Bertz CT molecular complexity index is 692. The van der Waals surface area contributed by atoms with Gasteiger partial charge in [0, 0.05) is 18.9 Å². The van der Waals surface area contributed by atoms with Crippen LogP contribution < -0.4 is 0 Å². The summed E-state index contributed by atoms with van der Waals surface area (Å²) in [6.45, 7) is 0.692. The molecule has 8 nitrogen and oxygen atoms in total. The third kappa shape index (κ3) is 3.80. The first-order chi connectivity index (χ1) is 10.3. The van der Waals surface area contributed by atoms with E-state index in [4.69, 9.17) is 9.47 Å². The van der Waals surface area contributed by atoms with Crippen molar-refractivity contribution >= 4 is 21.5 Å². The van der Waals surface area contributed by atoms with Crippen LogP contribution in [0.3, 0.4) is 0 Å². The number of hydrogen-bond donors (Lipinski definition) is 0. The SMILES string of the molecule is CS(=O)(=O)c1ccc(C(=O)OCC2CCCO2)cc1[N+](=O)[O-]. The number of ether oxygens (including phenoxy) is 2. The van der Waals surface area contributed by atoms with Crippen molar-refractivity contribution in [1.82, 2.24) is 0 Å². The minimum atomic E-state index is -3.76. The molecule has 1 aliphatic rings. The second kappa shape index (κ2) is 6.41. The number of carbonyl (C=O) groups is 1. The van der Waals surface area contributed by atoms with Crippen LogP contribution in [0.5, 0.6) is 0 Å². The average Bonchev–Trinajstić information content (AvgIpc) is 2.96. The molecule has 1 aromatic rings. The number of sulfone groups is 1. The summed E-state index contributed by atoms with van der Waals surface area (Å²) < 4.78 is 33.3. The van der Waals surface area contributed by atoms with E-state index < -0.39 is 31.3 Å². The van der Waals surface area contributed by atoms with E-state index >= 15 is 0 Å². The molecule has 1 aliphatic heterocycles. The maximum atomic E-state index is 11.9. The van der Waals surface area contributed by atoms with E-state index in [9.17, 15) is 23.3 Å². The fraction of sp³-hybridized carbons (Fsp3) is 0.462. The molecule has 9 heteroatoms. The van der Waals surface area contributed by atoms with Gasteiger partial charge in [0.1, 0.15) is 11.5 Å². The molecule has 0 amide bonds. The minimum absolute atomic E-state index is 0.0699. The molecule has 1 unspecified atom stereocenters. The van der Waals surface area contributed by atoms with Crippen LogP contribution in [-0.4, -0.2) is 44.9 Å². The Balaban J connectivity index is 2.19. The van der Waals surface area contributed by atoms with Gasteiger partial charge in [0.25, 0.3) is 5.69 Å². The van der Waals surface area contributed by atoms with Crippen LogP contribution in [0.25, 0.3) is 0 Å². The van der Waals surface area contributed by atoms with Gasteiger partial charge in [-0.15, -0.1) is 0 Å². The van der Waals surface area contributed by atoms with Crippen LogP contribution in [-0.2, 0) is 19.3 Å². The topological polar surface area (TPSA) is 113 Å². The zero-order chi connectivity index (χ0) is 16.3. The van der Waals surface area contributed by atoms with Gasteiger partial charge in [0.05, 0.1) is 16.6 Å². The van der Waals surface area contributed by atoms with Crippen molar-refractivity contribution in [3.63, 3.8) is 0 Å². The van der Waals surface area contributed by atoms with E-state index in [1.165, 1.54) is 6.07 Å². The number of esters is 1. The summed E-state index contributed by atoms with van der Waals surface area (Å²) in [5.41, 5.74) is -0.717. The van der Waals surface area contributed by atoms with Crippen molar-refractivity contribution in [2.24, 2.45) is 0 Å². The first kappa shape index (κ1) is 16.4. The number of benzene rings is 1. The highest BCUT2D eigenvalue weighted by Crippen LogP contribution is 2.25. The monoisotopic (exact) mass is 329 g/mol. The number of nitro groups is 1. The lowest BCUT2D eigenvalue weighted by Gasteiger charge is -2.10. The van der Waals surface area contributed by atoms with Crippen molar-refractivity contribution in [3.05, 3.63) is 33.9 Å². The third-order valence-corrected chi connectivity index (χ3v) is 4.36. The lowest BCUT2D eigenvalue weighted by Crippen LogP contribution is -2.18. The lowest BCUT2D eigenvalue weighted by molar-refractivity contribution is -0.387. The van der Waals surface area contributed by atoms with E-state index in [1.807, 2.05) is 0 Å². The van der Waals surface area contributed by atoms with E-state index in [2.05, 4.69) is 0 Å². The predicted octanol–water partition coefficient (Wildman–Crippen LogP) is 1.33. The molecular weight excluding hydrogens is 314 g/mol. The Morgan fingerprint density at radius 1 is 1.50 bits per heavy atom. The fourth-order valence-corrected chi connectivity index (χ4v) is 2.96. The largest absolute Gasteiger partial charge is 0.459 e. The molecule has 0 N–H and O–H groups in total. The van der Waals surface area contributed by atoms with Gasteiger partial charge in [-0.3, -0.25) is 10.1 Å². The van der Waals surface area contributed by atoms with Gasteiger partial charge in [0.15, 0.2) is 9.84 Å². The van der Waals surface area contributed by atoms with Gasteiger partial charge >= 0.3 is 5.97 Å². The zero-order valence-corrected chi connectivity index (χ0v) is 12.7. The molecule has 1 saturated heterocycles. The Kier molecular flexibility index (Phi) is 4.77. The number of nitro benzene ring substituents is 1. The van der Waals surface area contributed by atoms with Gasteiger partial charge in [-0.25, -0.2) is 13.2 Å². The highest BCUT2D eigenvalue weighted by atomic mass is 32.2. The molecular formula is C13H15NO7S. The van der Waals surface area contributed by atoms with Gasteiger partial charge in [-0.1, -0.05) is 0 Å². The first-order valence-electron chi connectivity index (χ1n) is 6.56. The first-order valence-corrected chi connectivity index (χ1v) is 8.45. The van der Waals surface area contributed by atoms with Gasteiger partial charge < -0.3 is 9.47 Å². The molecule has 22 heavy (non-hydrogen) atoms. The van der Waals surface area contributed by atoms with Crippen molar-refractivity contribution in [3.8, 4) is 0 Å². The van der Waals surface area contributed by atoms with Crippen molar-refractivity contribution < 1.29 is 27.6 Å². The molecule has 1 fully saturated rings. The molecule has 0 radical (unpaired) electrons. The minimum Gasteiger partial charge on any atom is -0.459 e. The van der Waals surface area contributed by atoms with Gasteiger partial charge in [-0.2, -0.15) is 0 Å². The Morgan fingerprint density at radius 3 is 2.77 bits per heavy atom. The number of nitrogens with zero attached hydrogens (tertiary/aromatic N) is 1. The lowest BCUT2D eigenvalue weighted by atomic mass is 10.2. The van der Waals surface area contributed by atoms with E-state index in [0.29, 0.717) is 6.61 Å². The molecule has 1 aromatic carbocycles. The van der Waals surface area contributed by atoms with Gasteiger partial charge in [0.2, 0.25) is 0 Å². The Morgan fingerprint density at radius 2 is 2.23 bits per heavy atom. The van der Waals surface area contributed by atoms with Crippen molar-refractivity contribution in [2.45, 2.75) is 23.8 Å². The highest BCUT2D eigenvalue weighted by molar-refractivity contribution is 7.90. The molecule has 0 spiro atoms. The normalized spacial score (nSPS) is 18.1. The Labute approximate surface area is 127 Å². The van der Waals surface area contributed by atoms with E-state index in [1.54, 1.807) is 0 Å². The van der Waals surface area contributed by atoms with E-state index in [-0.39, 0.29) is 18.3 Å². The van der Waals surface area contributed by atoms with Crippen LogP contribution in [0.4, 0.5) is 5.69 Å². The maximum Gasteiger partial charge on any atom is 0.338 e. The van der Waals surface area contributed by atoms with Crippen LogP contribution >= 0.6 is 0 Å². The summed E-state index contributed by atoms with van der Waals surface area (Å²) in [5.74, 6) is -0.751. The summed E-state index contributed by atoms with van der Waals surface area (Å²) in [4.78, 5) is 21.6. The second-order valence-corrected chi connectivity index (χ2v) is 6.93. The fourth-order valence-electron chi connectivity index (χ4n) is 2.13. The smallest absolute Gasteiger partial charge is 0.338 e. The molecule has 1 atom stereocenters. The standard InChI is InChI=1S/C13H15NO7S/c1-22(18,19)12-5-4-9(7-11(12)14(16)17)13(15)21-8-10-3-2-6-20-10/h4-5,7,10H,2-3,6,8H2,1H3. The third-order valence-electron chi connectivity index (χ3n) is 3.22. The average molecular weight is 329 g/mol. The van der Waals surface area contributed by atoms with Crippen LogP contribution in [0.1, 0.15) is 23.2 Å². The molecule has 0 bridgehead atoms. The number of hydrogen-bond acceptors (Lipinski definition) is 7. The van der Waals surface area contributed by atoms with Gasteiger partial charge in [-0.05, 0) is 25.0 Å². The van der Waals surface area contributed by atoms with E-state index in [0.717, 1.165) is 31.2 Å². The predicted molar refractivity (Wildman–Crippen MR) is 75.5 cm³/mol. The molecule has 2 rings (SSSR count). The molecule has 120 valence electrons. The quantitative estimate of drug-likeness (QED) is 0.455. The highest BCUT2D eigenvalue weighted by Gasteiger charge is 2.25. The van der Waals surface area contributed by atoms with Crippen molar-refractivity contribution in [1.29, 1.82) is 0 Å². The summed E-state index contributed by atoms with van der Waals surface area (Å²) in [5, 5.41) is 11.0. The van der Waals surface area contributed by atoms with Crippen LogP contribution in [0.15, 0.2) is 23.1 Å². The summed E-state index contributed by atoms with van der Waals surface area (Å²) in [6, 6.07) is 3.14. The molecule has 1 heterocycles. The molecule has 0 saturated carbocycles. The number of carbonyl (C=O) groups excluding carboxylic acids is 1. The zero-order valence-electron chi connectivity index (χ0n) is 11.9. The van der Waals surface area contributed by atoms with Crippen LogP contribution in [0, 0.1) is 10.1 Å². The molecule has 0 aromatic heterocycles. The maximum absolute atomic E-state index is 11.9. The number of rotatable bonds is 5. The summed E-state index contributed by atoms with van der Waals surface area (Å²) >= 11 is 0. The molecule has 0 aliphatic carbocycles. The summed E-state index contributed by atoms with van der Waals surface area (Å²) in [6.07, 6.45) is 2.40. The summed E-state index contributed by atoms with van der Waals surface area (Å²) in [7, 11) is -3.76. The Hall–Kier alpha value is -2.00. The second-order valence-electron chi connectivity index (χ2n) is 4.95. The van der Waals surface area contributed by atoms with Crippen LogP contribution in [0.2, 0.25) is 0 Å². The van der Waals surface area contributed by atoms with Crippen molar-refractivity contribution in [2.75, 3.05) is 19.5 Å².